The maximum Gasteiger partial charge on any atom is 0.0726 e. The first-order valence-electron chi connectivity index (χ1n) is 20.2. The predicted octanol–water partition coefficient (Wildman–Crippen LogP) is 14.0. The maximum absolute atomic E-state index is 9.22. The topological polar surface area (TPSA) is 3.24 Å². The van der Waals surface area contributed by atoms with E-state index < -0.39 is 5.41 Å². The van der Waals surface area contributed by atoms with Gasteiger partial charge in [-0.1, -0.05) is 178 Å². The minimum atomic E-state index is -0.438. The van der Waals surface area contributed by atoms with Crippen LogP contribution >= 0.6 is 0 Å². The van der Waals surface area contributed by atoms with E-state index in [-0.39, 0.29) is 17.5 Å². The molecule has 1 spiro atoms. The summed E-state index contributed by atoms with van der Waals surface area (Å²) in [6.45, 7) is 4.50. The molecule has 3 aliphatic rings. The summed E-state index contributed by atoms with van der Waals surface area (Å²) in [5.41, 5.74) is 19.3. The van der Waals surface area contributed by atoms with E-state index in [4.69, 9.17) is 0 Å². The van der Waals surface area contributed by atoms with E-state index in [2.05, 4.69) is 189 Å². The lowest BCUT2D eigenvalue weighted by atomic mass is 9.70. The Balaban J connectivity index is 1.02. The number of benzene rings is 8. The summed E-state index contributed by atoms with van der Waals surface area (Å²) < 4.78 is 18.4. The van der Waals surface area contributed by atoms with E-state index >= 15 is 0 Å². The van der Waals surface area contributed by atoms with Crippen molar-refractivity contribution in [3.05, 3.63) is 233 Å². The zero-order chi connectivity index (χ0) is 38.5. The van der Waals surface area contributed by atoms with Crippen LogP contribution in [0.5, 0.6) is 0 Å². The van der Waals surface area contributed by atoms with Crippen molar-refractivity contribution in [3.63, 3.8) is 0 Å². The van der Waals surface area contributed by atoms with Gasteiger partial charge >= 0.3 is 0 Å². The Kier molecular flexibility index (Phi) is 6.43. The molecule has 0 saturated heterocycles. The molecule has 0 aromatic heterocycles. The second kappa shape index (κ2) is 11.9. The highest BCUT2D eigenvalue weighted by Gasteiger charge is 2.51. The number of para-hydroxylation sites is 1. The van der Waals surface area contributed by atoms with Gasteiger partial charge in [-0.2, -0.15) is 0 Å². The van der Waals surface area contributed by atoms with Crippen LogP contribution in [0.4, 0.5) is 17.1 Å². The van der Waals surface area contributed by atoms with Crippen molar-refractivity contribution in [2.75, 3.05) is 4.90 Å². The fourth-order valence-electron chi connectivity index (χ4n) is 9.87. The average Bonchev–Trinajstić information content (AvgIpc) is 3.82. The molecule has 1 heteroatoms. The fourth-order valence-corrected chi connectivity index (χ4v) is 9.87. The molecule has 0 heterocycles. The zero-order valence-corrected chi connectivity index (χ0v) is 30.8. The Hall–Kier alpha value is -6.70. The van der Waals surface area contributed by atoms with Crippen molar-refractivity contribution >= 4 is 29.2 Å². The normalized spacial score (nSPS) is 15.5. The molecule has 0 fully saturated rings. The van der Waals surface area contributed by atoms with Crippen molar-refractivity contribution in [1.29, 1.82) is 0 Å². The standard InChI is InChI=1S/C54H39N/c1-53(2)47-20-10-6-16-41(47)45-32-28-37(34-51(45)53)25-24-36-26-29-39(30-27-36)55(38-14-4-3-5-15-38)40-31-33-46-44-19-9-13-23-50(44)54(52(46)35-40)48-21-11-7-17-42(48)43-18-8-12-22-49(43)54/h3-35H,1-2H3/b25-24+/i24D,25D. The summed E-state index contributed by atoms with van der Waals surface area (Å²) in [5, 5.41) is 0. The van der Waals surface area contributed by atoms with Crippen molar-refractivity contribution in [3.8, 4) is 33.4 Å². The molecule has 0 atom stereocenters. The van der Waals surface area contributed by atoms with E-state index in [1.54, 1.807) is 0 Å². The maximum atomic E-state index is 9.22. The highest BCUT2D eigenvalue weighted by Crippen LogP contribution is 2.63. The highest BCUT2D eigenvalue weighted by molar-refractivity contribution is 5.96. The van der Waals surface area contributed by atoms with E-state index in [9.17, 15) is 2.74 Å². The summed E-state index contributed by atoms with van der Waals surface area (Å²) in [6, 6.07) is 67.6. The van der Waals surface area contributed by atoms with Crippen LogP contribution in [0.2, 0.25) is 0 Å². The van der Waals surface area contributed by atoms with Gasteiger partial charge < -0.3 is 4.90 Å². The quantitative estimate of drug-likeness (QED) is 0.161. The third-order valence-electron chi connectivity index (χ3n) is 12.3. The van der Waals surface area contributed by atoms with Crippen molar-refractivity contribution < 1.29 is 2.74 Å². The van der Waals surface area contributed by atoms with Crippen LogP contribution in [0.3, 0.4) is 0 Å². The number of nitrogens with zero attached hydrogens (tertiary/aromatic N) is 1. The highest BCUT2D eigenvalue weighted by atomic mass is 15.1. The van der Waals surface area contributed by atoms with Gasteiger partial charge in [0.05, 0.1) is 8.16 Å². The molecule has 55 heavy (non-hydrogen) atoms. The number of hydrogen-bond acceptors (Lipinski definition) is 1. The molecule has 11 rings (SSSR count). The van der Waals surface area contributed by atoms with E-state index in [1.807, 2.05) is 18.2 Å². The van der Waals surface area contributed by atoms with E-state index in [0.29, 0.717) is 5.56 Å². The Labute approximate surface area is 326 Å². The second-order valence-corrected chi connectivity index (χ2v) is 15.5. The predicted molar refractivity (Wildman–Crippen MR) is 230 cm³/mol. The van der Waals surface area contributed by atoms with Crippen LogP contribution in [0.25, 0.3) is 45.5 Å². The molecular formula is C54H39N. The molecule has 0 N–H and O–H groups in total. The molecule has 8 aromatic carbocycles. The number of rotatable bonds is 5. The monoisotopic (exact) mass is 703 g/mol. The summed E-state index contributed by atoms with van der Waals surface area (Å²) in [4.78, 5) is 2.31. The first kappa shape index (κ1) is 29.7. The summed E-state index contributed by atoms with van der Waals surface area (Å²) in [5.74, 6) is 0. The van der Waals surface area contributed by atoms with Crippen LogP contribution in [0.15, 0.2) is 188 Å². The minimum Gasteiger partial charge on any atom is -0.310 e. The smallest absolute Gasteiger partial charge is 0.0726 e. The van der Waals surface area contributed by atoms with E-state index in [0.717, 1.165) is 22.6 Å². The van der Waals surface area contributed by atoms with Crippen LogP contribution in [-0.2, 0) is 10.8 Å². The first-order chi connectivity index (χ1) is 27.9. The molecule has 3 aliphatic carbocycles. The molecule has 0 unspecified atom stereocenters. The minimum absolute atomic E-state index is 0.169. The lowest BCUT2D eigenvalue weighted by molar-refractivity contribution is 0.660. The third-order valence-corrected chi connectivity index (χ3v) is 12.3. The molecule has 0 amide bonds. The number of fused-ring (bicyclic) bond motifs is 13. The van der Waals surface area contributed by atoms with Crippen molar-refractivity contribution in [2.24, 2.45) is 0 Å². The van der Waals surface area contributed by atoms with Crippen molar-refractivity contribution in [1.82, 2.24) is 0 Å². The SMILES string of the molecule is [2H]/C(=C(/[2H])c1ccc2c(c1)C(C)(C)c1ccccc1-2)c1ccc(N(c2ccccc2)c2ccc3c(c2)C2(c4ccccc4-c4ccccc42)c2ccccc2-3)cc1. The molecule has 260 valence electrons. The van der Waals surface area contributed by atoms with Crippen LogP contribution in [-0.4, -0.2) is 0 Å². The first-order valence-corrected chi connectivity index (χ1v) is 19.2. The van der Waals surface area contributed by atoms with Gasteiger partial charge in [0.2, 0.25) is 0 Å². The molecule has 0 radical (unpaired) electrons. The largest absolute Gasteiger partial charge is 0.310 e. The molecule has 0 bridgehead atoms. The van der Waals surface area contributed by atoms with Crippen LogP contribution in [0, 0.1) is 0 Å². The summed E-state index contributed by atoms with van der Waals surface area (Å²) in [6.07, 6.45) is 0. The second-order valence-electron chi connectivity index (χ2n) is 15.5. The summed E-state index contributed by atoms with van der Waals surface area (Å²) in [7, 11) is 0. The Bertz CT molecular complexity index is 2890. The molecule has 0 aliphatic heterocycles. The van der Waals surface area contributed by atoms with Gasteiger partial charge in [0.25, 0.3) is 0 Å². The third kappa shape index (κ3) is 4.53. The fraction of sp³-hybridized carbons (Fsp3) is 0.0741. The van der Waals surface area contributed by atoms with Gasteiger partial charge in [-0.25, -0.2) is 0 Å². The lowest BCUT2D eigenvalue weighted by Crippen LogP contribution is -2.26. The van der Waals surface area contributed by atoms with Gasteiger partial charge in [0.1, 0.15) is 0 Å². The average molecular weight is 704 g/mol. The van der Waals surface area contributed by atoms with Gasteiger partial charge in [-0.05, 0) is 114 Å². The Morgan fingerprint density at radius 3 is 1.40 bits per heavy atom. The molecule has 8 aromatic rings. The Morgan fingerprint density at radius 1 is 0.364 bits per heavy atom. The number of anilines is 3. The number of hydrogen-bond donors (Lipinski definition) is 0. The van der Waals surface area contributed by atoms with Crippen molar-refractivity contribution in [2.45, 2.75) is 24.7 Å². The van der Waals surface area contributed by atoms with Gasteiger partial charge in [0, 0.05) is 22.5 Å². The van der Waals surface area contributed by atoms with E-state index in [1.165, 1.54) is 66.8 Å². The van der Waals surface area contributed by atoms with Gasteiger partial charge in [-0.15, -0.1) is 0 Å². The van der Waals surface area contributed by atoms with Gasteiger partial charge in [-0.3, -0.25) is 0 Å². The van der Waals surface area contributed by atoms with Crippen LogP contribution in [0.1, 0.15) is 61.1 Å². The molecular weight excluding hydrogens is 663 g/mol. The Morgan fingerprint density at radius 2 is 0.782 bits per heavy atom. The van der Waals surface area contributed by atoms with Crippen LogP contribution < -0.4 is 4.90 Å². The molecule has 1 nitrogen and oxygen atoms in total. The summed E-state index contributed by atoms with van der Waals surface area (Å²) >= 11 is 0. The molecule has 0 saturated carbocycles. The lowest BCUT2D eigenvalue weighted by Gasteiger charge is -2.32. The van der Waals surface area contributed by atoms with Gasteiger partial charge in [0.15, 0.2) is 0 Å². The zero-order valence-electron chi connectivity index (χ0n) is 32.8.